The van der Waals surface area contributed by atoms with Crippen LogP contribution in [-0.2, 0) is 0 Å². The molecule has 0 atom stereocenters. The molecule has 1 aromatic carbocycles. The summed E-state index contributed by atoms with van der Waals surface area (Å²) < 4.78 is 5.31. The van der Waals surface area contributed by atoms with Gasteiger partial charge < -0.3 is 4.42 Å². The zero-order chi connectivity index (χ0) is 9.42. The van der Waals surface area contributed by atoms with Crippen molar-refractivity contribution in [3.05, 3.63) is 23.8 Å². The topological polar surface area (TPSA) is 26.0 Å². The van der Waals surface area contributed by atoms with Crippen LogP contribution in [0.2, 0.25) is 0 Å². The number of fused-ring (bicyclic) bond motifs is 1. The van der Waals surface area contributed by atoms with E-state index in [2.05, 4.69) is 37.5 Å². The number of aromatic nitrogens is 1. The van der Waals surface area contributed by atoms with Gasteiger partial charge in [0.25, 0.3) is 5.22 Å². The molecule has 68 valence electrons. The molecular weight excluding hydrogens is 182 g/mol. The molecule has 0 saturated heterocycles. The Morgan fingerprint density at radius 1 is 1.38 bits per heavy atom. The lowest BCUT2D eigenvalue weighted by atomic mass is 10.0. The van der Waals surface area contributed by atoms with E-state index in [0.717, 1.165) is 11.1 Å². The molecule has 0 unspecified atom stereocenters. The summed E-state index contributed by atoms with van der Waals surface area (Å²) in [6.07, 6.45) is 0. The number of nitrogens with zero attached hydrogens (tertiary/aromatic N) is 1. The number of thiol groups is 1. The summed E-state index contributed by atoms with van der Waals surface area (Å²) in [5, 5.41) is 0.433. The third-order valence-electron chi connectivity index (χ3n) is 2.06. The zero-order valence-corrected chi connectivity index (χ0v) is 8.51. The van der Waals surface area contributed by atoms with E-state index in [0.29, 0.717) is 11.1 Å². The maximum Gasteiger partial charge on any atom is 0.253 e. The van der Waals surface area contributed by atoms with Crippen molar-refractivity contribution < 1.29 is 4.42 Å². The summed E-state index contributed by atoms with van der Waals surface area (Å²) in [4.78, 5) is 4.23. The van der Waals surface area contributed by atoms with E-state index >= 15 is 0 Å². The Bertz CT molecular complexity index is 433. The van der Waals surface area contributed by atoms with Crippen LogP contribution in [0.1, 0.15) is 25.3 Å². The lowest BCUT2D eigenvalue weighted by Gasteiger charge is -2.03. The molecule has 0 aliphatic carbocycles. The minimum Gasteiger partial charge on any atom is -0.432 e. The minimum absolute atomic E-state index is 0.433. The third kappa shape index (κ3) is 1.44. The molecule has 13 heavy (non-hydrogen) atoms. The molecule has 1 aromatic heterocycles. The average molecular weight is 193 g/mol. The van der Waals surface area contributed by atoms with Gasteiger partial charge in [-0.25, -0.2) is 4.98 Å². The Morgan fingerprint density at radius 2 is 2.15 bits per heavy atom. The Kier molecular flexibility index (Phi) is 2.04. The molecule has 0 spiro atoms. The highest BCUT2D eigenvalue weighted by atomic mass is 32.1. The standard InChI is InChI=1S/C10H11NOS/c1-6(2)7-4-3-5-8-9(7)11-10(13)12-8/h3-6H,1-2H3,(H,11,13). The third-order valence-corrected chi connectivity index (χ3v) is 2.25. The first-order valence-corrected chi connectivity index (χ1v) is 4.71. The molecule has 2 nitrogen and oxygen atoms in total. The van der Waals surface area contributed by atoms with Gasteiger partial charge >= 0.3 is 0 Å². The van der Waals surface area contributed by atoms with E-state index in [9.17, 15) is 0 Å². The molecule has 0 aliphatic heterocycles. The van der Waals surface area contributed by atoms with Gasteiger partial charge in [0.1, 0.15) is 5.52 Å². The van der Waals surface area contributed by atoms with Crippen LogP contribution in [0.4, 0.5) is 0 Å². The van der Waals surface area contributed by atoms with E-state index in [1.807, 2.05) is 12.1 Å². The molecule has 0 N–H and O–H groups in total. The van der Waals surface area contributed by atoms with Crippen molar-refractivity contribution in [1.82, 2.24) is 4.98 Å². The van der Waals surface area contributed by atoms with Crippen molar-refractivity contribution in [2.45, 2.75) is 25.0 Å². The summed E-state index contributed by atoms with van der Waals surface area (Å²) in [5.74, 6) is 0.460. The molecule has 0 saturated carbocycles. The highest BCUT2D eigenvalue weighted by molar-refractivity contribution is 7.80. The Hall–Kier alpha value is -0.960. The first kappa shape index (κ1) is 8.63. The monoisotopic (exact) mass is 193 g/mol. The molecule has 0 fully saturated rings. The smallest absolute Gasteiger partial charge is 0.253 e. The number of hydrogen-bond acceptors (Lipinski definition) is 3. The van der Waals surface area contributed by atoms with Gasteiger partial charge in [-0.15, -0.1) is 0 Å². The number of rotatable bonds is 1. The van der Waals surface area contributed by atoms with Gasteiger partial charge in [0.15, 0.2) is 5.58 Å². The molecule has 0 aliphatic rings. The molecule has 2 aromatic rings. The van der Waals surface area contributed by atoms with Crippen LogP contribution in [-0.4, -0.2) is 4.98 Å². The second-order valence-corrected chi connectivity index (χ2v) is 3.73. The highest BCUT2D eigenvalue weighted by Crippen LogP contribution is 2.26. The average Bonchev–Trinajstić information content (AvgIpc) is 2.43. The SMILES string of the molecule is CC(C)c1cccc2oc(S)nc12. The molecule has 3 heteroatoms. The molecule has 2 rings (SSSR count). The fourth-order valence-corrected chi connectivity index (χ4v) is 1.62. The van der Waals surface area contributed by atoms with Crippen molar-refractivity contribution in [3.63, 3.8) is 0 Å². The number of hydrogen-bond donors (Lipinski definition) is 1. The zero-order valence-electron chi connectivity index (χ0n) is 7.61. The maximum atomic E-state index is 5.31. The largest absolute Gasteiger partial charge is 0.432 e. The van der Waals surface area contributed by atoms with Gasteiger partial charge in [0.2, 0.25) is 0 Å². The second kappa shape index (κ2) is 3.07. The van der Waals surface area contributed by atoms with Crippen LogP contribution in [0.25, 0.3) is 11.1 Å². The fourth-order valence-electron chi connectivity index (χ4n) is 1.42. The second-order valence-electron chi connectivity index (χ2n) is 3.35. The minimum atomic E-state index is 0.433. The van der Waals surface area contributed by atoms with Crippen LogP contribution in [0.5, 0.6) is 0 Å². The van der Waals surface area contributed by atoms with Gasteiger partial charge in [-0.1, -0.05) is 38.6 Å². The summed E-state index contributed by atoms with van der Waals surface area (Å²) in [6, 6.07) is 5.97. The number of benzene rings is 1. The first-order chi connectivity index (χ1) is 6.18. The molecule has 0 radical (unpaired) electrons. The molecule has 0 amide bonds. The Labute approximate surface area is 82.4 Å². The van der Waals surface area contributed by atoms with E-state index in [1.165, 1.54) is 5.56 Å². The first-order valence-electron chi connectivity index (χ1n) is 4.27. The van der Waals surface area contributed by atoms with Gasteiger partial charge in [0, 0.05) is 0 Å². The summed E-state index contributed by atoms with van der Waals surface area (Å²) >= 11 is 4.08. The predicted octanol–water partition coefficient (Wildman–Crippen LogP) is 3.24. The lowest BCUT2D eigenvalue weighted by molar-refractivity contribution is 0.492. The summed E-state index contributed by atoms with van der Waals surface area (Å²) in [7, 11) is 0. The van der Waals surface area contributed by atoms with Gasteiger partial charge in [-0.05, 0) is 17.5 Å². The number of oxazole rings is 1. The fraction of sp³-hybridized carbons (Fsp3) is 0.300. The van der Waals surface area contributed by atoms with Crippen LogP contribution >= 0.6 is 12.6 Å². The normalized spacial score (nSPS) is 11.4. The van der Waals surface area contributed by atoms with Crippen LogP contribution in [0.15, 0.2) is 27.8 Å². The molecule has 1 heterocycles. The molecular formula is C10H11NOS. The summed E-state index contributed by atoms with van der Waals surface area (Å²) in [6.45, 7) is 4.28. The van der Waals surface area contributed by atoms with Gasteiger partial charge in [0.05, 0.1) is 0 Å². The van der Waals surface area contributed by atoms with Crippen LogP contribution in [0, 0.1) is 0 Å². The van der Waals surface area contributed by atoms with Crippen molar-refractivity contribution in [3.8, 4) is 0 Å². The molecule has 0 bridgehead atoms. The van der Waals surface area contributed by atoms with E-state index in [1.54, 1.807) is 0 Å². The van der Waals surface area contributed by atoms with Gasteiger partial charge in [-0.2, -0.15) is 0 Å². The maximum absolute atomic E-state index is 5.31. The van der Waals surface area contributed by atoms with Crippen molar-refractivity contribution >= 4 is 23.7 Å². The van der Waals surface area contributed by atoms with Crippen LogP contribution < -0.4 is 0 Å². The quantitative estimate of drug-likeness (QED) is 0.703. The van der Waals surface area contributed by atoms with Crippen molar-refractivity contribution in [2.24, 2.45) is 0 Å². The summed E-state index contributed by atoms with van der Waals surface area (Å²) in [5.41, 5.74) is 2.96. The highest BCUT2D eigenvalue weighted by Gasteiger charge is 2.09. The predicted molar refractivity (Wildman–Crippen MR) is 55.4 cm³/mol. The number of para-hydroxylation sites is 1. The Morgan fingerprint density at radius 3 is 2.85 bits per heavy atom. The van der Waals surface area contributed by atoms with E-state index in [4.69, 9.17) is 4.42 Å². The van der Waals surface area contributed by atoms with Crippen molar-refractivity contribution in [1.29, 1.82) is 0 Å². The lowest BCUT2D eigenvalue weighted by Crippen LogP contribution is -1.87. The van der Waals surface area contributed by atoms with Crippen LogP contribution in [0.3, 0.4) is 0 Å². The van der Waals surface area contributed by atoms with E-state index in [-0.39, 0.29) is 0 Å². The van der Waals surface area contributed by atoms with E-state index < -0.39 is 0 Å². The Balaban J connectivity index is 2.75. The van der Waals surface area contributed by atoms with Crippen molar-refractivity contribution in [2.75, 3.05) is 0 Å². The van der Waals surface area contributed by atoms with Gasteiger partial charge in [-0.3, -0.25) is 0 Å².